The quantitative estimate of drug-likeness (QED) is 0.591. The van der Waals surface area contributed by atoms with Crippen LogP contribution in [0.2, 0.25) is 0 Å². The molecule has 0 radical (unpaired) electrons. The molecular formula is C22H29N7OS. The number of nitrogens with one attached hydrogen (secondary N) is 1. The molecule has 8 nitrogen and oxygen atoms in total. The first-order valence-corrected chi connectivity index (χ1v) is 11.5. The zero-order chi connectivity index (χ0) is 22.1. The van der Waals surface area contributed by atoms with Crippen molar-refractivity contribution < 1.29 is 4.79 Å². The van der Waals surface area contributed by atoms with Crippen LogP contribution in [0.1, 0.15) is 36.7 Å². The van der Waals surface area contributed by atoms with Crippen molar-refractivity contribution in [2.75, 3.05) is 23.3 Å². The number of amides is 1. The smallest absolute Gasteiger partial charge is 0.237 e. The van der Waals surface area contributed by atoms with E-state index < -0.39 is 0 Å². The number of benzene rings is 1. The number of rotatable bonds is 6. The first kappa shape index (κ1) is 21.4. The maximum atomic E-state index is 12.9. The van der Waals surface area contributed by atoms with Gasteiger partial charge in [0.2, 0.25) is 11.9 Å². The molecule has 0 spiro atoms. The van der Waals surface area contributed by atoms with Gasteiger partial charge >= 0.3 is 0 Å². The molecule has 164 valence electrons. The van der Waals surface area contributed by atoms with E-state index in [2.05, 4.69) is 61.3 Å². The second-order valence-electron chi connectivity index (χ2n) is 8.07. The van der Waals surface area contributed by atoms with Gasteiger partial charge in [-0.2, -0.15) is 5.10 Å². The van der Waals surface area contributed by atoms with Gasteiger partial charge in [0.05, 0.1) is 28.0 Å². The van der Waals surface area contributed by atoms with E-state index in [0.29, 0.717) is 5.16 Å². The van der Waals surface area contributed by atoms with Crippen LogP contribution < -0.4 is 10.2 Å². The van der Waals surface area contributed by atoms with E-state index >= 15 is 0 Å². The molecule has 1 saturated heterocycles. The van der Waals surface area contributed by atoms with Gasteiger partial charge in [-0.25, -0.2) is 0 Å². The number of aryl methyl sites for hydroxylation is 3. The second kappa shape index (κ2) is 8.74. The molecule has 9 heteroatoms. The summed E-state index contributed by atoms with van der Waals surface area (Å²) in [5.41, 5.74) is 4.72. The molecule has 4 rings (SSSR count). The summed E-state index contributed by atoms with van der Waals surface area (Å²) in [6.07, 6.45) is 2.32. The number of aromatic nitrogens is 5. The van der Waals surface area contributed by atoms with Gasteiger partial charge in [0.25, 0.3) is 0 Å². The van der Waals surface area contributed by atoms with E-state index in [1.165, 1.54) is 17.3 Å². The third-order valence-corrected chi connectivity index (χ3v) is 6.75. The predicted octanol–water partition coefficient (Wildman–Crippen LogP) is 3.65. The van der Waals surface area contributed by atoms with Crippen LogP contribution in [0.15, 0.2) is 29.4 Å². The van der Waals surface area contributed by atoms with Crippen LogP contribution in [-0.4, -0.2) is 48.8 Å². The van der Waals surface area contributed by atoms with Crippen molar-refractivity contribution in [2.45, 2.75) is 50.9 Å². The van der Waals surface area contributed by atoms with Gasteiger partial charge < -0.3 is 10.2 Å². The Bertz CT molecular complexity index is 1080. The van der Waals surface area contributed by atoms with Crippen molar-refractivity contribution >= 4 is 29.3 Å². The standard InChI is InChI=1S/C22H29N7OS/c1-14-8-10-18(11-9-14)29-21(28-12-6-7-13-28)24-25-22(29)31-17(4)20(30)23-19-15(2)26-27(5)16(19)3/h8-11,17H,6-7,12-13H2,1-5H3,(H,23,30). The van der Waals surface area contributed by atoms with E-state index in [9.17, 15) is 4.79 Å². The van der Waals surface area contributed by atoms with Gasteiger partial charge in [0, 0.05) is 20.1 Å². The van der Waals surface area contributed by atoms with Crippen LogP contribution in [0.4, 0.5) is 11.6 Å². The van der Waals surface area contributed by atoms with Gasteiger partial charge in [-0.1, -0.05) is 29.5 Å². The molecule has 0 bridgehead atoms. The highest BCUT2D eigenvalue weighted by atomic mass is 32.2. The number of thioether (sulfide) groups is 1. The average molecular weight is 440 g/mol. The molecule has 2 aromatic heterocycles. The Labute approximate surface area is 187 Å². The van der Waals surface area contributed by atoms with Crippen LogP contribution in [0.5, 0.6) is 0 Å². The van der Waals surface area contributed by atoms with Crippen LogP contribution >= 0.6 is 11.8 Å². The average Bonchev–Trinajstić information content (AvgIpc) is 3.46. The molecule has 1 aromatic carbocycles. The molecule has 31 heavy (non-hydrogen) atoms. The summed E-state index contributed by atoms with van der Waals surface area (Å²) in [7, 11) is 1.88. The van der Waals surface area contributed by atoms with E-state index in [4.69, 9.17) is 0 Å². The Morgan fingerprint density at radius 1 is 1.10 bits per heavy atom. The number of hydrogen-bond acceptors (Lipinski definition) is 6. The number of carbonyl (C=O) groups excluding carboxylic acids is 1. The Hall–Kier alpha value is -2.81. The molecule has 3 aromatic rings. The molecule has 1 aliphatic heterocycles. The molecule has 1 amide bonds. The number of nitrogens with zero attached hydrogens (tertiary/aromatic N) is 6. The highest BCUT2D eigenvalue weighted by Gasteiger charge is 2.26. The molecule has 1 unspecified atom stereocenters. The SMILES string of the molecule is Cc1ccc(-n2c(SC(C)C(=O)Nc3c(C)nn(C)c3C)nnc2N2CCCC2)cc1. The molecule has 1 atom stereocenters. The van der Waals surface area contributed by atoms with Crippen LogP contribution in [0.3, 0.4) is 0 Å². The predicted molar refractivity (Wildman–Crippen MR) is 124 cm³/mol. The van der Waals surface area contributed by atoms with Crippen LogP contribution in [-0.2, 0) is 11.8 Å². The van der Waals surface area contributed by atoms with Gasteiger partial charge in [-0.15, -0.1) is 10.2 Å². The Morgan fingerprint density at radius 3 is 2.39 bits per heavy atom. The molecule has 1 aliphatic rings. The van der Waals surface area contributed by atoms with E-state index in [0.717, 1.165) is 54.6 Å². The number of carbonyl (C=O) groups is 1. The maximum absolute atomic E-state index is 12.9. The fourth-order valence-corrected chi connectivity index (χ4v) is 4.63. The lowest BCUT2D eigenvalue weighted by Crippen LogP contribution is -2.24. The lowest BCUT2D eigenvalue weighted by molar-refractivity contribution is -0.115. The largest absolute Gasteiger partial charge is 0.341 e. The topological polar surface area (TPSA) is 80.9 Å². The summed E-state index contributed by atoms with van der Waals surface area (Å²) in [5.74, 6) is 0.765. The van der Waals surface area contributed by atoms with E-state index in [-0.39, 0.29) is 11.2 Å². The molecule has 0 saturated carbocycles. The zero-order valence-corrected chi connectivity index (χ0v) is 19.5. The number of hydrogen-bond donors (Lipinski definition) is 1. The van der Waals surface area contributed by atoms with Crippen LogP contribution in [0, 0.1) is 20.8 Å². The minimum atomic E-state index is -0.348. The molecular weight excluding hydrogens is 410 g/mol. The summed E-state index contributed by atoms with van der Waals surface area (Å²) < 4.78 is 3.85. The van der Waals surface area contributed by atoms with E-state index in [1.54, 1.807) is 4.68 Å². The normalized spacial score (nSPS) is 14.8. The lowest BCUT2D eigenvalue weighted by atomic mass is 10.2. The highest BCUT2D eigenvalue weighted by Crippen LogP contribution is 2.31. The third kappa shape index (κ3) is 4.32. The molecule has 3 heterocycles. The monoisotopic (exact) mass is 439 g/mol. The summed E-state index contributed by atoms with van der Waals surface area (Å²) in [6, 6.07) is 8.33. The molecule has 1 fully saturated rings. The highest BCUT2D eigenvalue weighted by molar-refractivity contribution is 8.00. The van der Waals surface area contributed by atoms with Crippen molar-refractivity contribution in [1.82, 2.24) is 24.5 Å². The van der Waals surface area contributed by atoms with Gasteiger partial charge in [-0.05, 0) is 52.7 Å². The lowest BCUT2D eigenvalue weighted by Gasteiger charge is -2.19. The van der Waals surface area contributed by atoms with Gasteiger partial charge in [-0.3, -0.25) is 14.0 Å². The third-order valence-electron chi connectivity index (χ3n) is 5.71. The van der Waals surface area contributed by atoms with E-state index in [1.807, 2.05) is 27.8 Å². The van der Waals surface area contributed by atoms with Crippen LogP contribution in [0.25, 0.3) is 5.69 Å². The minimum Gasteiger partial charge on any atom is -0.341 e. The van der Waals surface area contributed by atoms with Crippen molar-refractivity contribution in [2.24, 2.45) is 7.05 Å². The minimum absolute atomic E-state index is 0.0784. The first-order valence-electron chi connectivity index (χ1n) is 10.6. The molecule has 1 N–H and O–H groups in total. The summed E-state index contributed by atoms with van der Waals surface area (Å²) in [4.78, 5) is 15.2. The second-order valence-corrected chi connectivity index (χ2v) is 9.37. The Balaban J connectivity index is 1.60. The van der Waals surface area contributed by atoms with Gasteiger partial charge in [0.1, 0.15) is 0 Å². The summed E-state index contributed by atoms with van der Waals surface area (Å²) in [5, 5.41) is 16.7. The Kier molecular flexibility index (Phi) is 6.04. The number of anilines is 2. The summed E-state index contributed by atoms with van der Waals surface area (Å²) in [6.45, 7) is 9.77. The van der Waals surface area contributed by atoms with Crippen molar-refractivity contribution in [1.29, 1.82) is 0 Å². The summed E-state index contributed by atoms with van der Waals surface area (Å²) >= 11 is 1.42. The first-order chi connectivity index (χ1) is 14.8. The van der Waals surface area contributed by atoms with Gasteiger partial charge in [0.15, 0.2) is 5.16 Å². The maximum Gasteiger partial charge on any atom is 0.237 e. The fraction of sp³-hybridized carbons (Fsp3) is 0.455. The Morgan fingerprint density at radius 2 is 1.77 bits per heavy atom. The van der Waals surface area contributed by atoms with Crippen molar-refractivity contribution in [3.8, 4) is 5.69 Å². The fourth-order valence-electron chi connectivity index (χ4n) is 3.77. The van der Waals surface area contributed by atoms with Crippen molar-refractivity contribution in [3.05, 3.63) is 41.2 Å². The zero-order valence-electron chi connectivity index (χ0n) is 18.7. The molecule has 0 aliphatic carbocycles. The van der Waals surface area contributed by atoms with Crippen molar-refractivity contribution in [3.63, 3.8) is 0 Å².